The number of halogens is 3. The second-order valence-corrected chi connectivity index (χ2v) is 8.41. The lowest BCUT2D eigenvalue weighted by Crippen LogP contribution is -2.47. The van der Waals surface area contributed by atoms with E-state index in [4.69, 9.17) is 0 Å². The number of piperazine rings is 1. The van der Waals surface area contributed by atoms with E-state index in [1.807, 2.05) is 29.5 Å². The number of allylic oxidation sites excluding steroid dienone is 1. The van der Waals surface area contributed by atoms with Gasteiger partial charge in [0.2, 0.25) is 0 Å². The summed E-state index contributed by atoms with van der Waals surface area (Å²) >= 11 is 0. The van der Waals surface area contributed by atoms with E-state index in [1.54, 1.807) is 6.33 Å². The monoisotopic (exact) mass is 467 g/mol. The number of pyridine rings is 1. The van der Waals surface area contributed by atoms with Gasteiger partial charge in [-0.1, -0.05) is 24.8 Å². The molecule has 1 aliphatic heterocycles. The summed E-state index contributed by atoms with van der Waals surface area (Å²) in [4.78, 5) is 12.6. The largest absolute Gasteiger partial charge is 0.417 e. The molecule has 8 heteroatoms. The molecular formula is C26H28F3N5. The van der Waals surface area contributed by atoms with E-state index in [9.17, 15) is 13.2 Å². The van der Waals surface area contributed by atoms with E-state index in [0.29, 0.717) is 18.9 Å². The van der Waals surface area contributed by atoms with Gasteiger partial charge in [0, 0.05) is 56.5 Å². The Kier molecular flexibility index (Phi) is 6.88. The maximum atomic E-state index is 12.8. The smallest absolute Gasteiger partial charge is 0.354 e. The molecule has 0 spiro atoms. The second kappa shape index (κ2) is 9.85. The van der Waals surface area contributed by atoms with Gasteiger partial charge in [-0.25, -0.2) is 9.97 Å². The van der Waals surface area contributed by atoms with Gasteiger partial charge >= 0.3 is 6.18 Å². The summed E-state index contributed by atoms with van der Waals surface area (Å²) < 4.78 is 40.4. The van der Waals surface area contributed by atoms with Crippen LogP contribution in [0.5, 0.6) is 0 Å². The van der Waals surface area contributed by atoms with Crippen molar-refractivity contribution in [3.63, 3.8) is 0 Å². The van der Waals surface area contributed by atoms with Gasteiger partial charge in [-0.15, -0.1) is 0 Å². The van der Waals surface area contributed by atoms with Crippen molar-refractivity contribution < 1.29 is 13.2 Å². The van der Waals surface area contributed by atoms with Crippen LogP contribution in [0.25, 0.3) is 11.3 Å². The lowest BCUT2D eigenvalue weighted by molar-refractivity contribution is -0.137. The predicted molar refractivity (Wildman–Crippen MR) is 129 cm³/mol. The zero-order chi connectivity index (χ0) is 24.3. The number of rotatable bonds is 6. The van der Waals surface area contributed by atoms with Crippen molar-refractivity contribution in [3.8, 4) is 5.69 Å². The Morgan fingerprint density at radius 2 is 1.74 bits per heavy atom. The molecule has 0 atom stereocenters. The molecule has 34 heavy (non-hydrogen) atoms. The minimum Gasteiger partial charge on any atom is -0.354 e. The van der Waals surface area contributed by atoms with E-state index >= 15 is 0 Å². The highest BCUT2D eigenvalue weighted by molar-refractivity contribution is 5.78. The number of hydrogen-bond donors (Lipinski definition) is 0. The number of nitrogens with zero attached hydrogens (tertiary/aromatic N) is 5. The molecule has 0 unspecified atom stereocenters. The van der Waals surface area contributed by atoms with Crippen molar-refractivity contribution in [2.75, 3.05) is 37.6 Å². The van der Waals surface area contributed by atoms with Gasteiger partial charge in [-0.05, 0) is 54.8 Å². The molecule has 0 bridgehead atoms. The summed E-state index contributed by atoms with van der Waals surface area (Å²) in [5.74, 6) is 0.580. The minimum atomic E-state index is -4.37. The SMILES string of the molecule is C=C(/C(=C\C)CN1CCN(c2ccc(C(F)(F)F)cn2)CC1)c1ccc(-n2cncc2C)cc1. The van der Waals surface area contributed by atoms with E-state index in [-0.39, 0.29) is 0 Å². The van der Waals surface area contributed by atoms with Crippen molar-refractivity contribution in [3.05, 3.63) is 90.2 Å². The molecule has 0 N–H and O–H groups in total. The molecule has 1 aromatic carbocycles. The predicted octanol–water partition coefficient (Wildman–Crippen LogP) is 5.38. The summed E-state index contributed by atoms with van der Waals surface area (Å²) in [6, 6.07) is 10.8. The molecule has 178 valence electrons. The summed E-state index contributed by atoms with van der Waals surface area (Å²) in [7, 11) is 0. The number of aromatic nitrogens is 3. The molecule has 0 radical (unpaired) electrons. The molecule has 1 aliphatic rings. The van der Waals surface area contributed by atoms with Crippen LogP contribution in [-0.4, -0.2) is 52.2 Å². The number of benzene rings is 1. The summed E-state index contributed by atoms with van der Waals surface area (Å²) in [6.45, 7) is 12.2. The third-order valence-corrected chi connectivity index (χ3v) is 6.22. The highest BCUT2D eigenvalue weighted by atomic mass is 19.4. The molecule has 3 heterocycles. The molecule has 0 amide bonds. The molecule has 1 fully saturated rings. The van der Waals surface area contributed by atoms with Gasteiger partial charge in [0.1, 0.15) is 5.82 Å². The Balaban J connectivity index is 1.34. The van der Waals surface area contributed by atoms with Gasteiger partial charge < -0.3 is 9.47 Å². The Morgan fingerprint density at radius 1 is 1.03 bits per heavy atom. The van der Waals surface area contributed by atoms with Crippen molar-refractivity contribution in [2.45, 2.75) is 20.0 Å². The van der Waals surface area contributed by atoms with Crippen LogP contribution >= 0.6 is 0 Å². The fraction of sp³-hybridized carbons (Fsp3) is 0.308. The number of hydrogen-bond acceptors (Lipinski definition) is 4. The minimum absolute atomic E-state index is 0.580. The van der Waals surface area contributed by atoms with Gasteiger partial charge in [0.15, 0.2) is 0 Å². The first-order valence-electron chi connectivity index (χ1n) is 11.2. The van der Waals surface area contributed by atoms with Crippen molar-refractivity contribution >= 4 is 11.4 Å². The van der Waals surface area contributed by atoms with Gasteiger partial charge in [-0.3, -0.25) is 4.90 Å². The van der Waals surface area contributed by atoms with Gasteiger partial charge in [-0.2, -0.15) is 13.2 Å². The van der Waals surface area contributed by atoms with Crippen molar-refractivity contribution in [1.29, 1.82) is 0 Å². The first kappa shape index (κ1) is 23.8. The van der Waals surface area contributed by atoms with E-state index in [0.717, 1.165) is 60.0 Å². The molecule has 2 aromatic heterocycles. The lowest BCUT2D eigenvalue weighted by atomic mass is 9.98. The first-order valence-corrected chi connectivity index (χ1v) is 11.2. The van der Waals surface area contributed by atoms with Crippen molar-refractivity contribution in [2.24, 2.45) is 0 Å². The molecule has 0 aliphatic carbocycles. The van der Waals surface area contributed by atoms with E-state index in [1.165, 1.54) is 6.07 Å². The molecule has 5 nitrogen and oxygen atoms in total. The van der Waals surface area contributed by atoms with Crippen LogP contribution in [-0.2, 0) is 6.18 Å². The Morgan fingerprint density at radius 3 is 2.26 bits per heavy atom. The molecule has 1 saturated heterocycles. The average molecular weight is 468 g/mol. The number of anilines is 1. The van der Waals surface area contributed by atoms with Crippen LogP contribution in [0, 0.1) is 6.92 Å². The highest BCUT2D eigenvalue weighted by Gasteiger charge is 2.31. The zero-order valence-electron chi connectivity index (χ0n) is 19.4. The fourth-order valence-corrected chi connectivity index (χ4v) is 4.12. The van der Waals surface area contributed by atoms with Crippen LogP contribution < -0.4 is 4.90 Å². The first-order chi connectivity index (χ1) is 16.3. The van der Waals surface area contributed by atoms with E-state index < -0.39 is 11.7 Å². The van der Waals surface area contributed by atoms with Gasteiger partial charge in [0.05, 0.1) is 11.9 Å². The Bertz CT molecular complexity index is 1150. The summed E-state index contributed by atoms with van der Waals surface area (Å²) in [5, 5.41) is 0. The topological polar surface area (TPSA) is 37.2 Å². The zero-order valence-corrected chi connectivity index (χ0v) is 19.4. The average Bonchev–Trinajstić information content (AvgIpc) is 3.28. The van der Waals surface area contributed by atoms with Crippen LogP contribution in [0.4, 0.5) is 19.0 Å². The standard InChI is InChI=1S/C26H28F3N5/c1-4-21(20(3)22-5-8-24(9-6-22)34-18-30-15-19(34)2)17-32-11-13-33(14-12-32)25-10-7-23(16-31-25)26(27,28)29/h4-10,15-16,18H,3,11-14,17H2,1-2H3/b21-4-. The fourth-order valence-electron chi connectivity index (χ4n) is 4.12. The Labute approximate surface area is 197 Å². The molecule has 3 aromatic rings. The summed E-state index contributed by atoms with van der Waals surface area (Å²) in [6.07, 6.45) is 2.27. The normalized spacial score (nSPS) is 15.6. The number of aryl methyl sites for hydroxylation is 1. The number of alkyl halides is 3. The van der Waals surface area contributed by atoms with E-state index in [2.05, 4.69) is 51.8 Å². The van der Waals surface area contributed by atoms with Gasteiger partial charge in [0.25, 0.3) is 0 Å². The number of imidazole rings is 1. The lowest BCUT2D eigenvalue weighted by Gasteiger charge is -2.36. The maximum absolute atomic E-state index is 12.8. The van der Waals surface area contributed by atoms with Crippen molar-refractivity contribution in [1.82, 2.24) is 19.4 Å². The second-order valence-electron chi connectivity index (χ2n) is 8.41. The maximum Gasteiger partial charge on any atom is 0.417 e. The summed E-state index contributed by atoms with van der Waals surface area (Å²) in [5.41, 5.74) is 4.63. The quantitative estimate of drug-likeness (QED) is 0.457. The third-order valence-electron chi connectivity index (χ3n) is 6.22. The highest BCUT2D eigenvalue weighted by Crippen LogP contribution is 2.30. The van der Waals surface area contributed by atoms with Crippen LogP contribution in [0.1, 0.15) is 23.7 Å². The molecular weight excluding hydrogens is 439 g/mol. The Hall–Kier alpha value is -3.39. The third kappa shape index (κ3) is 5.22. The molecule has 0 saturated carbocycles. The van der Waals surface area contributed by atoms with Crippen LogP contribution in [0.3, 0.4) is 0 Å². The van der Waals surface area contributed by atoms with Crippen LogP contribution in [0.2, 0.25) is 0 Å². The molecule has 4 rings (SSSR count). The van der Waals surface area contributed by atoms with Crippen LogP contribution in [0.15, 0.2) is 73.3 Å².